The van der Waals surface area contributed by atoms with Gasteiger partial charge in [-0.2, -0.15) is 0 Å². The van der Waals surface area contributed by atoms with Crippen LogP contribution in [0, 0.1) is 6.92 Å². The summed E-state index contributed by atoms with van der Waals surface area (Å²) in [7, 11) is 0. The third kappa shape index (κ3) is 5.35. The van der Waals surface area contributed by atoms with Gasteiger partial charge >= 0.3 is 5.97 Å². The van der Waals surface area contributed by atoms with E-state index in [2.05, 4.69) is 16.4 Å². The van der Waals surface area contributed by atoms with E-state index in [1.165, 1.54) is 5.56 Å². The normalized spacial score (nSPS) is 14.1. The molecule has 160 valence electrons. The highest BCUT2D eigenvalue weighted by atomic mass is 32.2. The zero-order valence-corrected chi connectivity index (χ0v) is 19.2. The van der Waals surface area contributed by atoms with Gasteiger partial charge in [0.1, 0.15) is 0 Å². The molecule has 7 heteroatoms. The molecule has 0 fully saturated rings. The molecule has 0 saturated carbocycles. The quantitative estimate of drug-likeness (QED) is 0.394. The molecule has 0 radical (unpaired) electrons. The van der Waals surface area contributed by atoms with E-state index >= 15 is 0 Å². The summed E-state index contributed by atoms with van der Waals surface area (Å²) >= 11 is 3.31. The molecule has 1 atom stereocenters. The number of carbonyl (C=O) groups excluding carboxylic acids is 2. The Balaban J connectivity index is 1.30. The SMILES string of the molecule is Cc1nc(CSc2ccc(C(=O)OC(C)C(=O)N3CCc4ccccc4C3)cc2)cs1. The molecule has 2 heterocycles. The zero-order chi connectivity index (χ0) is 21.8. The summed E-state index contributed by atoms with van der Waals surface area (Å²) in [5.74, 6) is 0.150. The van der Waals surface area contributed by atoms with Crippen LogP contribution in [-0.2, 0) is 28.2 Å². The predicted octanol–water partition coefficient (Wildman–Crippen LogP) is 4.87. The van der Waals surface area contributed by atoms with Crippen LogP contribution in [0.15, 0.2) is 58.8 Å². The zero-order valence-electron chi connectivity index (χ0n) is 17.5. The molecule has 1 aliphatic heterocycles. The largest absolute Gasteiger partial charge is 0.449 e. The number of amides is 1. The third-order valence-electron chi connectivity index (χ3n) is 5.22. The van der Waals surface area contributed by atoms with Gasteiger partial charge < -0.3 is 9.64 Å². The Kier molecular flexibility index (Phi) is 6.73. The number of esters is 1. The molecule has 0 spiro atoms. The summed E-state index contributed by atoms with van der Waals surface area (Å²) < 4.78 is 5.47. The van der Waals surface area contributed by atoms with Crippen molar-refractivity contribution in [2.45, 2.75) is 43.6 Å². The fourth-order valence-corrected chi connectivity index (χ4v) is 5.05. The number of rotatable bonds is 6. The number of aryl methyl sites for hydroxylation is 1. The molecule has 1 unspecified atom stereocenters. The van der Waals surface area contributed by atoms with Crippen LogP contribution in [0.5, 0.6) is 0 Å². The lowest BCUT2D eigenvalue weighted by atomic mass is 9.99. The molecule has 0 bridgehead atoms. The first kappa shape index (κ1) is 21.6. The number of ether oxygens (including phenoxy) is 1. The molecule has 1 amide bonds. The maximum Gasteiger partial charge on any atom is 0.338 e. The van der Waals surface area contributed by atoms with Crippen molar-refractivity contribution in [2.24, 2.45) is 0 Å². The standard InChI is InChI=1S/C24H24N2O3S2/c1-16(23(27)26-12-11-18-5-3-4-6-20(18)13-26)29-24(28)19-7-9-22(10-8-19)31-15-21-14-30-17(2)25-21/h3-10,14,16H,11-13,15H2,1-2H3. The lowest BCUT2D eigenvalue weighted by Crippen LogP contribution is -2.42. The Hall–Kier alpha value is -2.64. The number of thiazole rings is 1. The summed E-state index contributed by atoms with van der Waals surface area (Å²) in [5, 5.41) is 3.12. The van der Waals surface area contributed by atoms with Crippen LogP contribution in [-0.4, -0.2) is 34.4 Å². The van der Waals surface area contributed by atoms with Crippen LogP contribution >= 0.6 is 23.1 Å². The molecule has 0 aliphatic carbocycles. The highest BCUT2D eigenvalue weighted by Gasteiger charge is 2.27. The molecular weight excluding hydrogens is 428 g/mol. The molecule has 31 heavy (non-hydrogen) atoms. The van der Waals surface area contributed by atoms with E-state index in [-0.39, 0.29) is 5.91 Å². The van der Waals surface area contributed by atoms with Crippen LogP contribution in [0.1, 0.15) is 39.1 Å². The first-order valence-electron chi connectivity index (χ1n) is 10.2. The average molecular weight is 453 g/mol. The minimum absolute atomic E-state index is 0.159. The van der Waals surface area contributed by atoms with E-state index < -0.39 is 12.1 Å². The highest BCUT2D eigenvalue weighted by Crippen LogP contribution is 2.24. The average Bonchev–Trinajstić information content (AvgIpc) is 3.22. The number of hydrogen-bond acceptors (Lipinski definition) is 6. The predicted molar refractivity (Wildman–Crippen MR) is 123 cm³/mol. The first-order valence-corrected chi connectivity index (χ1v) is 12.1. The van der Waals surface area contributed by atoms with Crippen molar-refractivity contribution in [3.63, 3.8) is 0 Å². The van der Waals surface area contributed by atoms with Crippen molar-refractivity contribution in [3.05, 3.63) is 81.3 Å². The molecule has 0 saturated heterocycles. The molecule has 5 nitrogen and oxygen atoms in total. The van der Waals surface area contributed by atoms with Gasteiger partial charge in [-0.1, -0.05) is 24.3 Å². The number of aromatic nitrogens is 1. The maximum atomic E-state index is 12.8. The monoisotopic (exact) mass is 452 g/mol. The van der Waals surface area contributed by atoms with Gasteiger partial charge in [-0.25, -0.2) is 9.78 Å². The van der Waals surface area contributed by atoms with Crippen LogP contribution in [0.2, 0.25) is 0 Å². The topological polar surface area (TPSA) is 59.5 Å². The molecule has 2 aromatic carbocycles. The van der Waals surface area contributed by atoms with Crippen molar-refractivity contribution in [2.75, 3.05) is 6.54 Å². The van der Waals surface area contributed by atoms with E-state index in [1.54, 1.807) is 47.1 Å². The fourth-order valence-electron chi connectivity index (χ4n) is 3.54. The summed E-state index contributed by atoms with van der Waals surface area (Å²) in [6.07, 6.45) is 0.00190. The second-order valence-electron chi connectivity index (χ2n) is 7.50. The lowest BCUT2D eigenvalue weighted by Gasteiger charge is -2.30. The number of fused-ring (bicyclic) bond motifs is 1. The molecule has 1 aliphatic rings. The Morgan fingerprint density at radius 3 is 2.61 bits per heavy atom. The van der Waals surface area contributed by atoms with Crippen molar-refractivity contribution in [1.29, 1.82) is 0 Å². The van der Waals surface area contributed by atoms with E-state index in [1.807, 2.05) is 37.3 Å². The lowest BCUT2D eigenvalue weighted by molar-refractivity contribution is -0.140. The van der Waals surface area contributed by atoms with Crippen molar-refractivity contribution in [1.82, 2.24) is 9.88 Å². The molecule has 3 aromatic rings. The van der Waals surface area contributed by atoms with Gasteiger partial charge in [-0.05, 0) is 55.7 Å². The number of hydrogen-bond donors (Lipinski definition) is 0. The van der Waals surface area contributed by atoms with Gasteiger partial charge in [-0.3, -0.25) is 4.79 Å². The maximum absolute atomic E-state index is 12.8. The fraction of sp³-hybridized carbons (Fsp3) is 0.292. The minimum Gasteiger partial charge on any atom is -0.449 e. The summed E-state index contributed by atoms with van der Waals surface area (Å²) in [4.78, 5) is 32.6. The number of benzene rings is 2. The Bertz CT molecular complexity index is 1080. The second kappa shape index (κ2) is 9.66. The van der Waals surface area contributed by atoms with Crippen LogP contribution in [0.3, 0.4) is 0 Å². The third-order valence-corrected chi connectivity index (χ3v) is 7.09. The number of nitrogens with zero attached hydrogens (tertiary/aromatic N) is 2. The molecule has 4 rings (SSSR count). The van der Waals surface area contributed by atoms with E-state index in [0.29, 0.717) is 18.7 Å². The second-order valence-corrected chi connectivity index (χ2v) is 9.61. The van der Waals surface area contributed by atoms with Gasteiger partial charge in [0.15, 0.2) is 6.10 Å². The number of carbonyl (C=O) groups is 2. The highest BCUT2D eigenvalue weighted by molar-refractivity contribution is 7.98. The van der Waals surface area contributed by atoms with E-state index in [0.717, 1.165) is 33.3 Å². The Morgan fingerprint density at radius 2 is 1.90 bits per heavy atom. The van der Waals surface area contributed by atoms with Gasteiger partial charge in [0, 0.05) is 29.1 Å². The van der Waals surface area contributed by atoms with Crippen molar-refractivity contribution in [3.8, 4) is 0 Å². The van der Waals surface area contributed by atoms with Gasteiger partial charge in [0.25, 0.3) is 5.91 Å². The Morgan fingerprint density at radius 1 is 1.16 bits per heavy atom. The molecular formula is C24H24N2O3S2. The van der Waals surface area contributed by atoms with E-state index in [4.69, 9.17) is 4.74 Å². The van der Waals surface area contributed by atoms with Crippen LogP contribution < -0.4 is 0 Å². The minimum atomic E-state index is -0.820. The summed E-state index contributed by atoms with van der Waals surface area (Å²) in [6, 6.07) is 15.4. The first-order chi connectivity index (χ1) is 15.0. The van der Waals surface area contributed by atoms with Crippen LogP contribution in [0.4, 0.5) is 0 Å². The van der Waals surface area contributed by atoms with Gasteiger partial charge in [0.2, 0.25) is 0 Å². The molecule has 1 aromatic heterocycles. The number of thioether (sulfide) groups is 1. The van der Waals surface area contributed by atoms with E-state index in [9.17, 15) is 9.59 Å². The smallest absolute Gasteiger partial charge is 0.338 e. The van der Waals surface area contributed by atoms with Crippen LogP contribution in [0.25, 0.3) is 0 Å². The van der Waals surface area contributed by atoms with Crippen molar-refractivity contribution >= 4 is 35.0 Å². The van der Waals surface area contributed by atoms with Crippen molar-refractivity contribution < 1.29 is 14.3 Å². The summed E-state index contributed by atoms with van der Waals surface area (Å²) in [6.45, 7) is 4.83. The van der Waals surface area contributed by atoms with Gasteiger partial charge in [-0.15, -0.1) is 23.1 Å². The summed E-state index contributed by atoms with van der Waals surface area (Å²) in [5.41, 5.74) is 3.93. The van der Waals surface area contributed by atoms with Gasteiger partial charge in [0.05, 0.1) is 16.3 Å². The Labute approximate surface area is 190 Å². The molecule has 0 N–H and O–H groups in total.